The van der Waals surface area contributed by atoms with Crippen LogP contribution < -0.4 is 4.72 Å². The van der Waals surface area contributed by atoms with Gasteiger partial charge < -0.3 is 0 Å². The second-order valence-electron chi connectivity index (χ2n) is 4.62. The van der Waals surface area contributed by atoms with E-state index in [-0.39, 0.29) is 17.1 Å². The van der Waals surface area contributed by atoms with Gasteiger partial charge in [0, 0.05) is 23.7 Å². The highest BCUT2D eigenvalue weighted by Gasteiger charge is 2.20. The molecule has 0 heterocycles. The average molecular weight is 341 g/mol. The first-order chi connectivity index (χ1) is 10.3. The standard InChI is InChI=1S/C14H13ClN2O4S/c1-10-6-7-12(17(18)19)8-14(10)22(20,21)16-9-11-4-2-3-5-13(11)15/h2-8,16H,9H2,1H3. The van der Waals surface area contributed by atoms with Crippen LogP contribution in [-0.2, 0) is 16.6 Å². The van der Waals surface area contributed by atoms with Crippen LogP contribution in [0.1, 0.15) is 11.1 Å². The lowest BCUT2D eigenvalue weighted by molar-refractivity contribution is -0.385. The number of hydrogen-bond donors (Lipinski definition) is 1. The third-order valence-corrected chi connectivity index (χ3v) is 4.99. The number of rotatable bonds is 5. The fourth-order valence-electron chi connectivity index (χ4n) is 1.88. The SMILES string of the molecule is Cc1ccc([N+](=O)[O-])cc1S(=O)(=O)NCc1ccccc1Cl. The summed E-state index contributed by atoms with van der Waals surface area (Å²) in [6.07, 6.45) is 0. The first-order valence-corrected chi connectivity index (χ1v) is 8.15. The quantitative estimate of drug-likeness (QED) is 0.669. The van der Waals surface area contributed by atoms with E-state index < -0.39 is 14.9 Å². The molecule has 0 aliphatic carbocycles. The van der Waals surface area contributed by atoms with Crippen LogP contribution in [0.2, 0.25) is 5.02 Å². The van der Waals surface area contributed by atoms with Gasteiger partial charge in [0.2, 0.25) is 10.0 Å². The maximum atomic E-state index is 12.3. The first-order valence-electron chi connectivity index (χ1n) is 6.29. The van der Waals surface area contributed by atoms with Gasteiger partial charge in [0.05, 0.1) is 9.82 Å². The van der Waals surface area contributed by atoms with E-state index in [0.29, 0.717) is 16.1 Å². The summed E-state index contributed by atoms with van der Waals surface area (Å²) in [4.78, 5) is 10.0. The van der Waals surface area contributed by atoms with Gasteiger partial charge in [-0.15, -0.1) is 0 Å². The molecule has 2 aromatic carbocycles. The molecule has 0 aliphatic heterocycles. The van der Waals surface area contributed by atoms with Crippen molar-refractivity contribution >= 4 is 27.3 Å². The molecule has 2 rings (SSSR count). The number of hydrogen-bond acceptors (Lipinski definition) is 4. The van der Waals surface area contributed by atoms with Crippen molar-refractivity contribution < 1.29 is 13.3 Å². The summed E-state index contributed by atoms with van der Waals surface area (Å²) in [6.45, 7) is 1.58. The van der Waals surface area contributed by atoms with Crippen LogP contribution in [0.25, 0.3) is 0 Å². The Hall–Kier alpha value is -1.96. The van der Waals surface area contributed by atoms with Crippen LogP contribution in [0, 0.1) is 17.0 Å². The zero-order chi connectivity index (χ0) is 16.3. The van der Waals surface area contributed by atoms with Gasteiger partial charge in [0.1, 0.15) is 0 Å². The second-order valence-corrected chi connectivity index (χ2v) is 6.77. The zero-order valence-electron chi connectivity index (χ0n) is 11.6. The van der Waals surface area contributed by atoms with Crippen LogP contribution >= 0.6 is 11.6 Å². The fourth-order valence-corrected chi connectivity index (χ4v) is 3.36. The van der Waals surface area contributed by atoms with Crippen molar-refractivity contribution in [2.75, 3.05) is 0 Å². The summed E-state index contributed by atoms with van der Waals surface area (Å²) >= 11 is 5.97. The van der Waals surface area contributed by atoms with Gasteiger partial charge in [0.15, 0.2) is 0 Å². The molecule has 2 aromatic rings. The highest BCUT2D eigenvalue weighted by atomic mass is 35.5. The third-order valence-electron chi connectivity index (χ3n) is 3.08. The second kappa shape index (κ2) is 6.43. The first kappa shape index (κ1) is 16.4. The minimum atomic E-state index is -3.88. The topological polar surface area (TPSA) is 89.3 Å². The third kappa shape index (κ3) is 3.62. The zero-order valence-corrected chi connectivity index (χ0v) is 13.2. The predicted octanol–water partition coefficient (Wildman–Crippen LogP) is 3.04. The molecule has 0 radical (unpaired) electrons. The number of aryl methyl sites for hydroxylation is 1. The molecule has 0 amide bonds. The molecule has 6 nitrogen and oxygen atoms in total. The van der Waals surface area contributed by atoms with Crippen LogP contribution in [0.15, 0.2) is 47.4 Å². The van der Waals surface area contributed by atoms with Gasteiger partial charge in [-0.3, -0.25) is 10.1 Å². The highest BCUT2D eigenvalue weighted by molar-refractivity contribution is 7.89. The average Bonchev–Trinajstić information content (AvgIpc) is 2.46. The summed E-state index contributed by atoms with van der Waals surface area (Å²) in [5.41, 5.74) is 0.775. The van der Waals surface area contributed by atoms with Gasteiger partial charge >= 0.3 is 0 Å². The molecular weight excluding hydrogens is 328 g/mol. The summed E-state index contributed by atoms with van der Waals surface area (Å²) in [5, 5.41) is 11.2. The summed E-state index contributed by atoms with van der Waals surface area (Å²) in [7, 11) is -3.88. The fraction of sp³-hybridized carbons (Fsp3) is 0.143. The molecule has 0 atom stereocenters. The Morgan fingerprint density at radius 3 is 2.55 bits per heavy atom. The number of benzene rings is 2. The van der Waals surface area contributed by atoms with E-state index in [1.54, 1.807) is 31.2 Å². The van der Waals surface area contributed by atoms with E-state index in [1.165, 1.54) is 12.1 Å². The van der Waals surface area contributed by atoms with E-state index in [2.05, 4.69) is 4.72 Å². The van der Waals surface area contributed by atoms with E-state index in [0.717, 1.165) is 6.07 Å². The molecule has 0 saturated carbocycles. The monoisotopic (exact) mass is 340 g/mol. The Morgan fingerprint density at radius 2 is 1.91 bits per heavy atom. The van der Waals surface area contributed by atoms with Crippen LogP contribution in [-0.4, -0.2) is 13.3 Å². The largest absolute Gasteiger partial charge is 0.270 e. The van der Waals surface area contributed by atoms with Crippen molar-refractivity contribution in [2.24, 2.45) is 0 Å². The van der Waals surface area contributed by atoms with E-state index >= 15 is 0 Å². The lowest BCUT2D eigenvalue weighted by atomic mass is 10.2. The maximum absolute atomic E-state index is 12.3. The summed E-state index contributed by atoms with van der Waals surface area (Å²) < 4.78 is 27.1. The molecule has 0 fully saturated rings. The molecular formula is C14H13ClN2O4S. The van der Waals surface area contributed by atoms with E-state index in [9.17, 15) is 18.5 Å². The lowest BCUT2D eigenvalue weighted by Gasteiger charge is -2.10. The minimum Gasteiger partial charge on any atom is -0.258 e. The highest BCUT2D eigenvalue weighted by Crippen LogP contribution is 2.22. The Morgan fingerprint density at radius 1 is 1.23 bits per heavy atom. The molecule has 0 aliphatic rings. The number of halogens is 1. The van der Waals surface area contributed by atoms with Crippen LogP contribution in [0.5, 0.6) is 0 Å². The van der Waals surface area contributed by atoms with Gasteiger partial charge in [-0.05, 0) is 24.1 Å². The van der Waals surface area contributed by atoms with Gasteiger partial charge in [-0.1, -0.05) is 35.9 Å². The van der Waals surface area contributed by atoms with Crippen molar-refractivity contribution in [1.29, 1.82) is 0 Å². The van der Waals surface area contributed by atoms with Gasteiger partial charge in [-0.2, -0.15) is 0 Å². The Balaban J connectivity index is 2.29. The molecule has 116 valence electrons. The van der Waals surface area contributed by atoms with Crippen molar-refractivity contribution in [3.05, 3.63) is 68.7 Å². The van der Waals surface area contributed by atoms with Crippen molar-refractivity contribution in [2.45, 2.75) is 18.4 Å². The summed E-state index contributed by atoms with van der Waals surface area (Å²) in [5.74, 6) is 0. The van der Waals surface area contributed by atoms with E-state index in [4.69, 9.17) is 11.6 Å². The molecule has 22 heavy (non-hydrogen) atoms. The normalized spacial score (nSPS) is 11.4. The van der Waals surface area contributed by atoms with Crippen molar-refractivity contribution in [3.63, 3.8) is 0 Å². The molecule has 8 heteroatoms. The molecule has 0 unspecified atom stereocenters. The number of nitrogens with one attached hydrogen (secondary N) is 1. The molecule has 0 saturated heterocycles. The lowest BCUT2D eigenvalue weighted by Crippen LogP contribution is -2.24. The Bertz CT molecular complexity index is 821. The van der Waals surface area contributed by atoms with Gasteiger partial charge in [-0.25, -0.2) is 13.1 Å². The Labute approximate surface area is 132 Å². The summed E-state index contributed by atoms with van der Waals surface area (Å²) in [6, 6.07) is 10.6. The molecule has 0 aromatic heterocycles. The Kier molecular flexibility index (Phi) is 4.80. The molecule has 1 N–H and O–H groups in total. The van der Waals surface area contributed by atoms with Crippen molar-refractivity contribution in [1.82, 2.24) is 4.72 Å². The van der Waals surface area contributed by atoms with E-state index in [1.807, 2.05) is 0 Å². The number of sulfonamides is 1. The van der Waals surface area contributed by atoms with Crippen LogP contribution in [0.4, 0.5) is 5.69 Å². The predicted molar refractivity (Wildman–Crippen MR) is 83.3 cm³/mol. The van der Waals surface area contributed by atoms with Crippen molar-refractivity contribution in [3.8, 4) is 0 Å². The minimum absolute atomic E-state index is 0.00411. The number of nitro benzene ring substituents is 1. The maximum Gasteiger partial charge on any atom is 0.270 e. The molecule has 0 spiro atoms. The van der Waals surface area contributed by atoms with Gasteiger partial charge in [0.25, 0.3) is 5.69 Å². The number of non-ortho nitro benzene ring substituents is 1. The van der Waals surface area contributed by atoms with Crippen LogP contribution in [0.3, 0.4) is 0 Å². The number of nitro groups is 1. The number of nitrogens with zero attached hydrogens (tertiary/aromatic N) is 1. The smallest absolute Gasteiger partial charge is 0.258 e. The molecule has 0 bridgehead atoms.